The maximum Gasteiger partial charge on any atom is 0.213 e. The van der Waals surface area contributed by atoms with Crippen molar-refractivity contribution in [3.05, 3.63) is 48.0 Å². The van der Waals surface area contributed by atoms with E-state index >= 15 is 0 Å². The summed E-state index contributed by atoms with van der Waals surface area (Å²) in [6.07, 6.45) is 1.35. The summed E-state index contributed by atoms with van der Waals surface area (Å²) < 4.78 is 32.3. The van der Waals surface area contributed by atoms with Gasteiger partial charge in [0.2, 0.25) is 5.79 Å². The van der Waals surface area contributed by atoms with Gasteiger partial charge in [0.25, 0.3) is 0 Å². The third-order valence-electron chi connectivity index (χ3n) is 7.43. The van der Waals surface area contributed by atoms with Crippen LogP contribution < -0.4 is 10.6 Å². The molecule has 3 fully saturated rings. The first-order valence-corrected chi connectivity index (χ1v) is 14.7. The maximum atomic E-state index is 6.31. The predicted molar refractivity (Wildman–Crippen MR) is 153 cm³/mol. The van der Waals surface area contributed by atoms with E-state index in [2.05, 4.69) is 60.0 Å². The van der Waals surface area contributed by atoms with Crippen molar-refractivity contribution in [2.75, 3.05) is 31.6 Å². The molecule has 4 heterocycles. The molecule has 6 rings (SSSR count). The fourth-order valence-electron chi connectivity index (χ4n) is 5.74. The molecule has 39 heavy (non-hydrogen) atoms. The summed E-state index contributed by atoms with van der Waals surface area (Å²) in [5, 5.41) is 8.13. The van der Waals surface area contributed by atoms with Crippen molar-refractivity contribution < 1.29 is 23.7 Å². The van der Waals surface area contributed by atoms with Gasteiger partial charge in [0.05, 0.1) is 23.4 Å². The van der Waals surface area contributed by atoms with Crippen molar-refractivity contribution in [3.63, 3.8) is 0 Å². The highest BCUT2D eigenvalue weighted by Gasteiger charge is 2.65. The van der Waals surface area contributed by atoms with E-state index in [4.69, 9.17) is 28.7 Å². The molecular formula is C30H39N3O5S. The number of anilines is 1. The van der Waals surface area contributed by atoms with Crippen LogP contribution in [0.25, 0.3) is 20.8 Å². The Morgan fingerprint density at radius 2 is 1.74 bits per heavy atom. The molecule has 0 bridgehead atoms. The van der Waals surface area contributed by atoms with Gasteiger partial charge in [-0.05, 0) is 96.0 Å². The number of aromatic nitrogens is 1. The molecule has 3 aliphatic heterocycles. The summed E-state index contributed by atoms with van der Waals surface area (Å²) in [4.78, 5) is 4.79. The summed E-state index contributed by atoms with van der Waals surface area (Å²) in [6, 6.07) is 15.0. The normalized spacial score (nSPS) is 28.9. The number of aryl methyl sites for hydroxylation is 1. The Hall–Kier alpha value is -2.11. The van der Waals surface area contributed by atoms with Crippen molar-refractivity contribution in [3.8, 4) is 10.6 Å². The first kappa shape index (κ1) is 27.1. The molecule has 9 heteroatoms. The molecule has 3 aromatic rings. The second kappa shape index (κ2) is 10.4. The zero-order valence-electron chi connectivity index (χ0n) is 23.4. The highest BCUT2D eigenvalue weighted by molar-refractivity contribution is 7.21. The zero-order chi connectivity index (χ0) is 27.3. The van der Waals surface area contributed by atoms with Crippen molar-refractivity contribution in [2.45, 2.75) is 83.1 Å². The summed E-state index contributed by atoms with van der Waals surface area (Å²) in [7, 11) is 0. The Bertz CT molecular complexity index is 1310. The topological polar surface area (TPSA) is 83.1 Å². The van der Waals surface area contributed by atoms with Gasteiger partial charge in [-0.15, -0.1) is 11.3 Å². The van der Waals surface area contributed by atoms with Crippen LogP contribution in [0.1, 0.15) is 46.1 Å². The third kappa shape index (κ3) is 5.72. The minimum Gasteiger partial charge on any atom is -0.385 e. The van der Waals surface area contributed by atoms with Gasteiger partial charge in [-0.25, -0.2) is 4.98 Å². The molecule has 4 atom stereocenters. The van der Waals surface area contributed by atoms with Gasteiger partial charge in [0.15, 0.2) is 11.6 Å². The maximum absolute atomic E-state index is 6.31. The van der Waals surface area contributed by atoms with Gasteiger partial charge in [0, 0.05) is 17.8 Å². The standard InChI is InChI=1S/C30H39N3O5S/c1-19-8-13-22-24(16-19)39-27(33-22)20-9-11-21(12-10-20)32-15-7-6-14-31-18-30-26(37-29(4,5)38-30)25-23(17-34-30)35-28(2,3)36-25/h8-13,16,23,25-26,31-32H,6-7,14-15,17-18H2,1-5H3. The fraction of sp³-hybridized carbons (Fsp3) is 0.567. The van der Waals surface area contributed by atoms with Crippen molar-refractivity contribution in [1.29, 1.82) is 0 Å². The Kier molecular flexibility index (Phi) is 7.20. The molecule has 0 radical (unpaired) electrons. The Morgan fingerprint density at radius 3 is 2.56 bits per heavy atom. The fourth-order valence-corrected chi connectivity index (χ4v) is 6.81. The molecule has 1 aromatic heterocycles. The number of unbranched alkanes of at least 4 members (excludes halogenated alkanes) is 1. The van der Waals surface area contributed by atoms with Gasteiger partial charge >= 0.3 is 0 Å². The number of hydrogen-bond donors (Lipinski definition) is 2. The average Bonchev–Trinajstić information content (AvgIpc) is 3.53. The Morgan fingerprint density at radius 1 is 0.949 bits per heavy atom. The number of ether oxygens (including phenoxy) is 5. The predicted octanol–water partition coefficient (Wildman–Crippen LogP) is 5.45. The largest absolute Gasteiger partial charge is 0.385 e. The molecule has 8 nitrogen and oxygen atoms in total. The van der Waals surface area contributed by atoms with Gasteiger partial charge in [-0.1, -0.05) is 6.07 Å². The van der Waals surface area contributed by atoms with Crippen LogP contribution in [0.15, 0.2) is 42.5 Å². The van der Waals surface area contributed by atoms with E-state index in [0.717, 1.165) is 47.7 Å². The summed E-state index contributed by atoms with van der Waals surface area (Å²) >= 11 is 1.74. The van der Waals surface area contributed by atoms with E-state index in [-0.39, 0.29) is 18.3 Å². The van der Waals surface area contributed by atoms with E-state index in [1.54, 1.807) is 11.3 Å². The van der Waals surface area contributed by atoms with Gasteiger partial charge in [0.1, 0.15) is 23.3 Å². The molecule has 0 spiro atoms. The van der Waals surface area contributed by atoms with Crippen LogP contribution in [0.5, 0.6) is 0 Å². The van der Waals surface area contributed by atoms with Crippen molar-refractivity contribution in [1.82, 2.24) is 10.3 Å². The SMILES string of the molecule is Cc1ccc2nc(-c3ccc(NCCCCNCC45OCC6OC(C)(C)OC6C4OC(C)(C)O5)cc3)sc2c1. The van der Waals surface area contributed by atoms with Crippen LogP contribution in [0, 0.1) is 6.92 Å². The van der Waals surface area contributed by atoms with Crippen molar-refractivity contribution in [2.24, 2.45) is 0 Å². The molecule has 0 aliphatic carbocycles. The number of hydrogen-bond acceptors (Lipinski definition) is 9. The van der Waals surface area contributed by atoms with Crippen LogP contribution >= 0.6 is 11.3 Å². The van der Waals surface area contributed by atoms with Gasteiger partial charge in [-0.3, -0.25) is 0 Å². The number of rotatable bonds is 9. The molecule has 2 aromatic carbocycles. The molecular weight excluding hydrogens is 514 g/mol. The van der Waals surface area contributed by atoms with E-state index in [1.807, 2.05) is 27.7 Å². The summed E-state index contributed by atoms with van der Waals surface area (Å²) in [6.45, 7) is 12.5. The molecule has 2 N–H and O–H groups in total. The van der Waals surface area contributed by atoms with Crippen LogP contribution in [-0.2, 0) is 23.7 Å². The Balaban J connectivity index is 0.952. The second-order valence-corrected chi connectivity index (χ2v) is 12.7. The van der Waals surface area contributed by atoms with E-state index in [9.17, 15) is 0 Å². The lowest BCUT2D eigenvalue weighted by Crippen LogP contribution is -2.62. The molecule has 3 saturated heterocycles. The van der Waals surface area contributed by atoms with Crippen molar-refractivity contribution >= 4 is 27.2 Å². The van der Waals surface area contributed by atoms with Crippen LogP contribution in [-0.4, -0.2) is 66.9 Å². The minimum atomic E-state index is -0.878. The monoisotopic (exact) mass is 553 g/mol. The van der Waals surface area contributed by atoms with Crippen LogP contribution in [0.2, 0.25) is 0 Å². The molecule has 3 aliphatic rings. The van der Waals surface area contributed by atoms with Crippen LogP contribution in [0.4, 0.5) is 5.69 Å². The Labute approximate surface area is 234 Å². The van der Waals surface area contributed by atoms with Gasteiger partial charge < -0.3 is 34.3 Å². The summed E-state index contributed by atoms with van der Waals surface area (Å²) in [5.74, 6) is -2.28. The van der Waals surface area contributed by atoms with E-state index in [1.165, 1.54) is 10.3 Å². The van der Waals surface area contributed by atoms with E-state index < -0.39 is 17.4 Å². The number of thiazole rings is 1. The van der Waals surface area contributed by atoms with Crippen LogP contribution in [0.3, 0.4) is 0 Å². The number of nitrogens with one attached hydrogen (secondary N) is 2. The lowest BCUT2D eigenvalue weighted by atomic mass is 9.97. The minimum absolute atomic E-state index is 0.152. The highest BCUT2D eigenvalue weighted by Crippen LogP contribution is 2.47. The lowest BCUT2D eigenvalue weighted by molar-refractivity contribution is -0.277. The third-order valence-corrected chi connectivity index (χ3v) is 8.50. The lowest BCUT2D eigenvalue weighted by Gasteiger charge is -2.40. The second-order valence-electron chi connectivity index (χ2n) is 11.7. The first-order chi connectivity index (χ1) is 18.6. The number of fused-ring (bicyclic) bond motifs is 4. The highest BCUT2D eigenvalue weighted by atomic mass is 32.1. The molecule has 0 saturated carbocycles. The zero-order valence-corrected chi connectivity index (χ0v) is 24.2. The molecule has 4 unspecified atom stereocenters. The summed E-state index contributed by atoms with van der Waals surface area (Å²) in [5.41, 5.74) is 4.60. The number of benzene rings is 2. The molecule has 0 amide bonds. The smallest absolute Gasteiger partial charge is 0.213 e. The molecule has 210 valence electrons. The van der Waals surface area contributed by atoms with Gasteiger partial charge in [-0.2, -0.15) is 0 Å². The quantitative estimate of drug-likeness (QED) is 0.339. The average molecular weight is 554 g/mol. The number of nitrogens with zero attached hydrogens (tertiary/aromatic N) is 1. The van der Waals surface area contributed by atoms with E-state index in [0.29, 0.717) is 13.2 Å². The first-order valence-electron chi connectivity index (χ1n) is 13.9.